The first-order valence-electron chi connectivity index (χ1n) is 8.89. The van der Waals surface area contributed by atoms with E-state index in [2.05, 4.69) is 0 Å². The number of hydrogen-bond acceptors (Lipinski definition) is 4. The predicted octanol–water partition coefficient (Wildman–Crippen LogP) is 5.06. The van der Waals surface area contributed by atoms with Gasteiger partial charge in [-0.3, -0.25) is 10.1 Å². The maximum atomic E-state index is 13.2. The molecule has 0 bridgehead atoms. The lowest BCUT2D eigenvalue weighted by Crippen LogP contribution is -2.60. The summed E-state index contributed by atoms with van der Waals surface area (Å²) in [6.07, 6.45) is -3.38. The zero-order chi connectivity index (χ0) is 20.5. The van der Waals surface area contributed by atoms with Gasteiger partial charge in [0.05, 0.1) is 15.9 Å². The minimum atomic E-state index is -4.42. The van der Waals surface area contributed by atoms with Gasteiger partial charge in [0.25, 0.3) is 5.69 Å². The van der Waals surface area contributed by atoms with Crippen molar-refractivity contribution in [1.29, 1.82) is 0 Å². The number of hydrogen-bond donors (Lipinski definition) is 0. The van der Waals surface area contributed by atoms with Gasteiger partial charge in [-0.15, -0.1) is 0 Å². The molecule has 0 aliphatic carbocycles. The van der Waals surface area contributed by atoms with Crippen molar-refractivity contribution in [1.82, 2.24) is 0 Å². The van der Waals surface area contributed by atoms with Crippen LogP contribution in [-0.4, -0.2) is 17.7 Å². The van der Waals surface area contributed by atoms with Crippen LogP contribution >= 0.6 is 0 Å². The number of nitrogens with zero attached hydrogens (tertiary/aromatic N) is 2. The molecule has 5 nitrogen and oxygen atoms in total. The molecule has 2 heterocycles. The number of rotatable bonds is 1. The summed E-state index contributed by atoms with van der Waals surface area (Å²) in [4.78, 5) is 12.5. The van der Waals surface area contributed by atoms with Gasteiger partial charge >= 0.3 is 6.18 Å². The van der Waals surface area contributed by atoms with E-state index >= 15 is 0 Å². The van der Waals surface area contributed by atoms with E-state index in [1.165, 1.54) is 24.3 Å². The summed E-state index contributed by atoms with van der Waals surface area (Å²) in [5.74, 6) is 0.528. The molecule has 148 valence electrons. The summed E-state index contributed by atoms with van der Waals surface area (Å²) in [5, 5.41) is 11.0. The van der Waals surface area contributed by atoms with Crippen LogP contribution in [-0.2, 0) is 18.0 Å². The van der Waals surface area contributed by atoms with Gasteiger partial charge in [0.2, 0.25) is 0 Å². The fraction of sp³-hybridized carbons (Fsp3) is 0.400. The molecule has 0 saturated carbocycles. The van der Waals surface area contributed by atoms with E-state index in [4.69, 9.17) is 4.74 Å². The highest BCUT2D eigenvalue weighted by atomic mass is 19.4. The third kappa shape index (κ3) is 2.40. The van der Waals surface area contributed by atoms with Crippen LogP contribution in [0.2, 0.25) is 0 Å². The number of ether oxygens (including phenoxy) is 1. The average molecular weight is 392 g/mol. The van der Waals surface area contributed by atoms with Gasteiger partial charge in [-0.2, -0.15) is 13.2 Å². The Hall–Kier alpha value is -2.77. The SMILES string of the molecule is CN1c2ccc(C(F)(F)F)cc2C(C)(C)C12CCc1cc([N+](=O)[O-])ccc1O2. The highest BCUT2D eigenvalue weighted by Gasteiger charge is 2.59. The summed E-state index contributed by atoms with van der Waals surface area (Å²) in [6, 6.07) is 8.24. The molecule has 0 saturated heterocycles. The molecule has 0 N–H and O–H groups in total. The molecule has 0 fully saturated rings. The van der Waals surface area contributed by atoms with Crippen LogP contribution in [0.1, 0.15) is 37.0 Å². The third-order valence-corrected chi connectivity index (χ3v) is 6.14. The molecule has 4 rings (SSSR count). The van der Waals surface area contributed by atoms with Crippen molar-refractivity contribution >= 4 is 11.4 Å². The van der Waals surface area contributed by atoms with Crippen molar-refractivity contribution < 1.29 is 22.8 Å². The Morgan fingerprint density at radius 3 is 2.54 bits per heavy atom. The molecule has 1 unspecified atom stereocenters. The standard InChI is InChI=1S/C20H19F3N2O3/c1-18(2)15-11-13(20(21,22)23)4-6-16(15)24(3)19(18)9-8-12-10-14(25(26)27)5-7-17(12)28-19/h4-7,10-11H,8-9H2,1-3H3. The van der Waals surface area contributed by atoms with Crippen LogP contribution in [0.5, 0.6) is 5.75 Å². The summed E-state index contributed by atoms with van der Waals surface area (Å²) < 4.78 is 46.1. The molecule has 2 aromatic carbocycles. The molecule has 0 amide bonds. The first-order valence-corrected chi connectivity index (χ1v) is 8.89. The molecule has 2 aliphatic rings. The van der Waals surface area contributed by atoms with Crippen molar-refractivity contribution in [2.75, 3.05) is 11.9 Å². The fourth-order valence-electron chi connectivity index (χ4n) is 4.52. The van der Waals surface area contributed by atoms with E-state index in [1.807, 2.05) is 25.8 Å². The molecule has 0 radical (unpaired) electrons. The van der Waals surface area contributed by atoms with Crippen molar-refractivity contribution in [3.8, 4) is 5.75 Å². The lowest BCUT2D eigenvalue weighted by molar-refractivity contribution is -0.385. The second kappa shape index (κ2) is 5.62. The van der Waals surface area contributed by atoms with Gasteiger partial charge in [0, 0.05) is 36.9 Å². The number of likely N-dealkylation sites (N-methyl/N-ethyl adjacent to an activating group) is 1. The highest BCUT2D eigenvalue weighted by molar-refractivity contribution is 5.67. The molecule has 2 aliphatic heterocycles. The minimum absolute atomic E-state index is 0.00422. The van der Waals surface area contributed by atoms with E-state index in [0.29, 0.717) is 29.8 Å². The van der Waals surface area contributed by atoms with E-state index in [1.54, 1.807) is 6.07 Å². The monoisotopic (exact) mass is 392 g/mol. The van der Waals surface area contributed by atoms with Gasteiger partial charge < -0.3 is 9.64 Å². The molecule has 0 aromatic heterocycles. The van der Waals surface area contributed by atoms with Crippen molar-refractivity contribution in [3.63, 3.8) is 0 Å². The Morgan fingerprint density at radius 1 is 1.18 bits per heavy atom. The summed E-state index contributed by atoms with van der Waals surface area (Å²) in [7, 11) is 1.82. The zero-order valence-corrected chi connectivity index (χ0v) is 15.6. The highest BCUT2D eigenvalue weighted by Crippen LogP contribution is 2.56. The van der Waals surface area contributed by atoms with Crippen LogP contribution in [0.3, 0.4) is 0 Å². The molecular weight excluding hydrogens is 373 g/mol. The van der Waals surface area contributed by atoms with Gasteiger partial charge in [-0.1, -0.05) is 0 Å². The van der Waals surface area contributed by atoms with Crippen LogP contribution in [0.4, 0.5) is 24.5 Å². The maximum Gasteiger partial charge on any atom is 0.416 e. The second-order valence-electron chi connectivity index (χ2n) is 7.85. The quantitative estimate of drug-likeness (QED) is 0.503. The Balaban J connectivity index is 1.79. The van der Waals surface area contributed by atoms with Crippen LogP contribution < -0.4 is 9.64 Å². The molecule has 8 heteroatoms. The predicted molar refractivity (Wildman–Crippen MR) is 97.6 cm³/mol. The number of anilines is 1. The van der Waals surface area contributed by atoms with E-state index in [-0.39, 0.29) is 5.69 Å². The number of nitro groups is 1. The first kappa shape index (κ1) is 18.6. The number of aryl methyl sites for hydroxylation is 1. The van der Waals surface area contributed by atoms with Gasteiger partial charge in [-0.05, 0) is 50.1 Å². The fourth-order valence-corrected chi connectivity index (χ4v) is 4.52. The van der Waals surface area contributed by atoms with Gasteiger partial charge in [0.15, 0.2) is 5.72 Å². The summed E-state index contributed by atoms with van der Waals surface area (Å²) >= 11 is 0. The number of halogens is 3. The Bertz CT molecular complexity index is 987. The molecule has 1 spiro atoms. The Morgan fingerprint density at radius 2 is 1.89 bits per heavy atom. The lowest BCUT2D eigenvalue weighted by atomic mass is 9.73. The number of benzene rings is 2. The topological polar surface area (TPSA) is 55.6 Å². The Labute approximate surface area is 159 Å². The van der Waals surface area contributed by atoms with E-state index in [9.17, 15) is 23.3 Å². The minimum Gasteiger partial charge on any atom is -0.467 e. The number of alkyl halides is 3. The zero-order valence-electron chi connectivity index (χ0n) is 15.6. The van der Waals surface area contributed by atoms with Crippen LogP contribution in [0.15, 0.2) is 36.4 Å². The number of non-ortho nitro benzene ring substituents is 1. The first-order chi connectivity index (χ1) is 13.0. The van der Waals surface area contributed by atoms with Crippen molar-refractivity contribution in [2.45, 2.75) is 44.0 Å². The van der Waals surface area contributed by atoms with Gasteiger partial charge in [0.1, 0.15) is 5.75 Å². The van der Waals surface area contributed by atoms with E-state index in [0.717, 1.165) is 11.6 Å². The van der Waals surface area contributed by atoms with Crippen molar-refractivity contribution in [2.24, 2.45) is 0 Å². The second-order valence-corrected chi connectivity index (χ2v) is 7.85. The summed E-state index contributed by atoms with van der Waals surface area (Å²) in [5.41, 5.74) is -0.276. The Kier molecular flexibility index (Phi) is 3.73. The summed E-state index contributed by atoms with van der Waals surface area (Å²) in [6.45, 7) is 3.76. The maximum absolute atomic E-state index is 13.2. The average Bonchev–Trinajstić information content (AvgIpc) is 2.79. The third-order valence-electron chi connectivity index (χ3n) is 6.14. The smallest absolute Gasteiger partial charge is 0.416 e. The van der Waals surface area contributed by atoms with Crippen LogP contribution in [0.25, 0.3) is 0 Å². The molecular formula is C20H19F3N2O3. The van der Waals surface area contributed by atoms with Gasteiger partial charge in [-0.25, -0.2) is 0 Å². The van der Waals surface area contributed by atoms with Crippen molar-refractivity contribution in [3.05, 3.63) is 63.2 Å². The van der Waals surface area contributed by atoms with Crippen LogP contribution in [0, 0.1) is 10.1 Å². The number of nitro benzene ring substituents is 1. The molecule has 2 aromatic rings. The lowest BCUT2D eigenvalue weighted by Gasteiger charge is -2.48. The molecule has 1 atom stereocenters. The molecule has 28 heavy (non-hydrogen) atoms. The normalized spacial score (nSPS) is 22.6. The van der Waals surface area contributed by atoms with E-state index < -0.39 is 27.8 Å². The number of fused-ring (bicyclic) bond motifs is 2. The largest absolute Gasteiger partial charge is 0.467 e.